The Kier molecular flexibility index (Phi) is 5.83. The number of carboxylic acids is 1. The normalized spacial score (nSPS) is 11.1. The number of ether oxygens (including phenoxy) is 1. The number of aliphatic carboxylic acids is 1. The van der Waals surface area contributed by atoms with Gasteiger partial charge in [-0.3, -0.25) is 14.9 Å². The third-order valence-corrected chi connectivity index (χ3v) is 1.77. The van der Waals surface area contributed by atoms with Gasteiger partial charge in [0.25, 0.3) is 0 Å². The topological polar surface area (TPSA) is 116 Å². The molecule has 0 fully saturated rings. The van der Waals surface area contributed by atoms with E-state index >= 15 is 0 Å². The summed E-state index contributed by atoms with van der Waals surface area (Å²) in [6.07, 6.45) is 0. The molecule has 0 heterocycles. The van der Waals surface area contributed by atoms with E-state index in [9.17, 15) is 9.59 Å². The minimum atomic E-state index is -1.32. The molecule has 0 atom stereocenters. The Morgan fingerprint density at radius 1 is 1.33 bits per heavy atom. The number of carbonyl (C=O) groups excluding carboxylic acids is 1. The van der Waals surface area contributed by atoms with E-state index in [-0.39, 0.29) is 6.61 Å². The van der Waals surface area contributed by atoms with Gasteiger partial charge in [0.15, 0.2) is 0 Å². The Hall–Kier alpha value is -1.18. The van der Waals surface area contributed by atoms with Gasteiger partial charge in [-0.1, -0.05) is 0 Å². The molecular formula is C8H15NO6. The predicted octanol–water partition coefficient (Wildman–Crippen LogP) is -2.05. The van der Waals surface area contributed by atoms with Crippen molar-refractivity contribution in [3.8, 4) is 0 Å². The van der Waals surface area contributed by atoms with E-state index in [0.717, 1.165) is 0 Å². The van der Waals surface area contributed by atoms with Crippen LogP contribution >= 0.6 is 0 Å². The number of aliphatic hydroxyl groups excluding tert-OH is 2. The van der Waals surface area contributed by atoms with Gasteiger partial charge in [-0.05, 0) is 0 Å². The first kappa shape index (κ1) is 13.8. The molecule has 0 aromatic rings. The maximum atomic E-state index is 10.5. The molecule has 0 radical (unpaired) electrons. The molecule has 0 aliphatic carbocycles. The molecule has 0 aliphatic heterocycles. The fourth-order valence-electron chi connectivity index (χ4n) is 0.807. The van der Waals surface area contributed by atoms with E-state index < -0.39 is 37.2 Å². The number of rotatable bonds is 7. The zero-order valence-corrected chi connectivity index (χ0v) is 8.39. The highest BCUT2D eigenvalue weighted by molar-refractivity contribution is 5.69. The molecule has 0 aromatic carbocycles. The van der Waals surface area contributed by atoms with Crippen LogP contribution in [-0.2, 0) is 14.3 Å². The van der Waals surface area contributed by atoms with Crippen molar-refractivity contribution in [2.45, 2.75) is 12.5 Å². The molecule has 0 spiro atoms. The summed E-state index contributed by atoms with van der Waals surface area (Å²) in [6, 6.07) is 0. The number of hydrogen-bond donors (Lipinski definition) is 4. The van der Waals surface area contributed by atoms with Crippen LogP contribution in [0.25, 0.3) is 0 Å². The smallest absolute Gasteiger partial charge is 0.317 e. The van der Waals surface area contributed by atoms with Crippen molar-refractivity contribution < 1.29 is 29.6 Å². The molecule has 88 valence electrons. The number of carbonyl (C=O) groups is 2. The zero-order chi connectivity index (χ0) is 11.9. The molecule has 15 heavy (non-hydrogen) atoms. The number of aliphatic hydroxyl groups is 2. The lowest BCUT2D eigenvalue weighted by atomic mass is 10.0. The highest BCUT2D eigenvalue weighted by Crippen LogP contribution is 2.03. The molecule has 0 aromatic heterocycles. The molecule has 0 bridgehead atoms. The molecule has 4 N–H and O–H groups in total. The molecule has 0 rings (SSSR count). The van der Waals surface area contributed by atoms with Crippen LogP contribution in [0.3, 0.4) is 0 Å². The van der Waals surface area contributed by atoms with Crippen LogP contribution in [0, 0.1) is 0 Å². The molecule has 0 saturated heterocycles. The molecule has 0 aliphatic rings. The minimum absolute atomic E-state index is 0.289. The summed E-state index contributed by atoms with van der Waals surface area (Å²) in [7, 11) is 0. The Bertz CT molecular complexity index is 205. The number of carboxylic acid groups (broad SMARTS) is 1. The maximum Gasteiger partial charge on any atom is 0.317 e. The first-order valence-corrected chi connectivity index (χ1v) is 4.27. The predicted molar refractivity (Wildman–Crippen MR) is 49.2 cm³/mol. The first-order valence-electron chi connectivity index (χ1n) is 4.27. The highest BCUT2D eigenvalue weighted by atomic mass is 16.5. The zero-order valence-electron chi connectivity index (χ0n) is 8.39. The average molecular weight is 221 g/mol. The Labute approximate surface area is 86.7 Å². The van der Waals surface area contributed by atoms with Gasteiger partial charge < -0.3 is 20.1 Å². The van der Waals surface area contributed by atoms with Gasteiger partial charge in [-0.25, -0.2) is 0 Å². The van der Waals surface area contributed by atoms with E-state index in [1.807, 2.05) is 0 Å². The van der Waals surface area contributed by atoms with E-state index in [2.05, 4.69) is 10.1 Å². The third-order valence-electron chi connectivity index (χ3n) is 1.77. The number of hydrogen-bond acceptors (Lipinski definition) is 6. The van der Waals surface area contributed by atoms with Crippen molar-refractivity contribution in [1.82, 2.24) is 5.32 Å². The standard InChI is InChI=1S/C8H15NO6/c1-6(12)15-5-8(3-10,4-11)9-2-7(13)14/h9-11H,2-5H2,1H3,(H,13,14). The van der Waals surface area contributed by atoms with Gasteiger partial charge in [0.05, 0.1) is 25.3 Å². The van der Waals surface area contributed by atoms with Crippen LogP contribution in [-0.4, -0.2) is 59.2 Å². The van der Waals surface area contributed by atoms with Gasteiger partial charge in [-0.2, -0.15) is 0 Å². The lowest BCUT2D eigenvalue weighted by Crippen LogP contribution is -2.56. The fraction of sp³-hybridized carbons (Fsp3) is 0.750. The van der Waals surface area contributed by atoms with Crippen molar-refractivity contribution in [1.29, 1.82) is 0 Å². The van der Waals surface area contributed by atoms with Crippen molar-refractivity contribution in [3.63, 3.8) is 0 Å². The Morgan fingerprint density at radius 3 is 2.20 bits per heavy atom. The van der Waals surface area contributed by atoms with Crippen LogP contribution < -0.4 is 5.32 Å². The van der Waals surface area contributed by atoms with Gasteiger partial charge in [0.2, 0.25) is 0 Å². The quantitative estimate of drug-likeness (QED) is 0.365. The SMILES string of the molecule is CC(=O)OCC(CO)(CO)NCC(=O)O. The molecule has 0 unspecified atom stereocenters. The van der Waals surface area contributed by atoms with Crippen LogP contribution in [0.4, 0.5) is 0 Å². The lowest BCUT2D eigenvalue weighted by molar-refractivity contribution is -0.145. The first-order chi connectivity index (χ1) is 6.95. The van der Waals surface area contributed by atoms with Crippen LogP contribution in [0.5, 0.6) is 0 Å². The van der Waals surface area contributed by atoms with Gasteiger partial charge in [0, 0.05) is 6.92 Å². The second-order valence-electron chi connectivity index (χ2n) is 3.12. The van der Waals surface area contributed by atoms with Crippen LogP contribution in [0.15, 0.2) is 0 Å². The second kappa shape index (κ2) is 6.33. The summed E-state index contributed by atoms with van der Waals surface area (Å²) in [4.78, 5) is 20.8. The number of esters is 1. The summed E-state index contributed by atoms with van der Waals surface area (Å²) in [5.74, 6) is -1.71. The molecule has 7 heteroatoms. The van der Waals surface area contributed by atoms with Gasteiger partial charge >= 0.3 is 11.9 Å². The Morgan fingerprint density at radius 2 is 1.87 bits per heavy atom. The minimum Gasteiger partial charge on any atom is -0.480 e. The molecule has 7 nitrogen and oxygen atoms in total. The monoisotopic (exact) mass is 221 g/mol. The summed E-state index contributed by atoms with van der Waals surface area (Å²) in [6.45, 7) is -0.629. The maximum absolute atomic E-state index is 10.5. The average Bonchev–Trinajstić information content (AvgIpc) is 2.19. The molecular weight excluding hydrogens is 206 g/mol. The van der Waals surface area contributed by atoms with Crippen molar-refractivity contribution in [2.75, 3.05) is 26.4 Å². The Balaban J connectivity index is 4.29. The van der Waals surface area contributed by atoms with Crippen molar-refractivity contribution in [2.24, 2.45) is 0 Å². The summed E-state index contributed by atoms with van der Waals surface area (Å²) in [5, 5.41) is 28.8. The summed E-state index contributed by atoms with van der Waals surface area (Å²) in [5.41, 5.74) is -1.32. The third kappa shape index (κ3) is 5.31. The molecule has 0 saturated carbocycles. The van der Waals surface area contributed by atoms with Crippen LogP contribution in [0.2, 0.25) is 0 Å². The van der Waals surface area contributed by atoms with E-state index in [0.29, 0.717) is 0 Å². The summed E-state index contributed by atoms with van der Waals surface area (Å²) >= 11 is 0. The number of nitrogens with one attached hydrogen (secondary N) is 1. The van der Waals surface area contributed by atoms with Crippen molar-refractivity contribution >= 4 is 11.9 Å². The molecule has 0 amide bonds. The van der Waals surface area contributed by atoms with E-state index in [4.69, 9.17) is 15.3 Å². The summed E-state index contributed by atoms with van der Waals surface area (Å²) < 4.78 is 4.61. The largest absolute Gasteiger partial charge is 0.480 e. The van der Waals surface area contributed by atoms with Gasteiger partial charge in [0.1, 0.15) is 6.61 Å². The van der Waals surface area contributed by atoms with E-state index in [1.165, 1.54) is 6.92 Å². The fourth-order valence-corrected chi connectivity index (χ4v) is 0.807. The van der Waals surface area contributed by atoms with Crippen molar-refractivity contribution in [3.05, 3.63) is 0 Å². The van der Waals surface area contributed by atoms with E-state index in [1.54, 1.807) is 0 Å². The highest BCUT2D eigenvalue weighted by Gasteiger charge is 2.30. The van der Waals surface area contributed by atoms with Crippen LogP contribution in [0.1, 0.15) is 6.92 Å². The van der Waals surface area contributed by atoms with Gasteiger partial charge in [-0.15, -0.1) is 0 Å². The second-order valence-corrected chi connectivity index (χ2v) is 3.12. The lowest BCUT2D eigenvalue weighted by Gasteiger charge is -2.29.